The van der Waals surface area contributed by atoms with Crippen molar-refractivity contribution in [3.05, 3.63) is 47.7 Å². The van der Waals surface area contributed by atoms with Crippen molar-refractivity contribution in [1.82, 2.24) is 15.3 Å². The van der Waals surface area contributed by atoms with Gasteiger partial charge in [-0.1, -0.05) is 12.1 Å². The van der Waals surface area contributed by atoms with Gasteiger partial charge >= 0.3 is 0 Å². The molecule has 1 atom stereocenters. The monoisotopic (exact) mass is 372 g/mol. The topological polar surface area (TPSA) is 67.4 Å². The van der Waals surface area contributed by atoms with Crippen LogP contribution in [0.4, 0.5) is 10.2 Å². The van der Waals surface area contributed by atoms with Gasteiger partial charge in [-0.05, 0) is 45.2 Å². The zero-order valence-corrected chi connectivity index (χ0v) is 15.7. The summed E-state index contributed by atoms with van der Waals surface area (Å²) in [6, 6.07) is 7.99. The highest BCUT2D eigenvalue weighted by molar-refractivity contribution is 5.80. The minimum Gasteiger partial charge on any atom is -0.478 e. The lowest BCUT2D eigenvalue weighted by atomic mass is 10.1. The highest BCUT2D eigenvalue weighted by Gasteiger charge is 2.18. The first-order valence-electron chi connectivity index (χ1n) is 9.31. The molecule has 0 radical (unpaired) electrons. The Hall–Kier alpha value is -2.70. The molecule has 2 heterocycles. The Morgan fingerprint density at radius 3 is 2.74 bits per heavy atom. The van der Waals surface area contributed by atoms with Gasteiger partial charge in [0.2, 0.25) is 0 Å². The van der Waals surface area contributed by atoms with Crippen molar-refractivity contribution in [2.75, 3.05) is 18.0 Å². The fourth-order valence-electron chi connectivity index (χ4n) is 3.07. The maximum Gasteiger partial charge on any atom is 0.261 e. The van der Waals surface area contributed by atoms with Crippen molar-refractivity contribution in [2.24, 2.45) is 0 Å². The van der Waals surface area contributed by atoms with Crippen LogP contribution < -0.4 is 15.0 Å². The third-order valence-corrected chi connectivity index (χ3v) is 4.50. The van der Waals surface area contributed by atoms with Crippen LogP contribution in [0, 0.1) is 12.7 Å². The molecule has 0 aliphatic carbocycles. The van der Waals surface area contributed by atoms with Crippen LogP contribution in [-0.4, -0.2) is 35.1 Å². The Morgan fingerprint density at radius 2 is 2.00 bits per heavy atom. The highest BCUT2D eigenvalue weighted by Crippen LogP contribution is 2.19. The molecule has 1 fully saturated rings. The molecule has 0 bridgehead atoms. The van der Waals surface area contributed by atoms with E-state index in [0.717, 1.165) is 24.6 Å². The van der Waals surface area contributed by atoms with Gasteiger partial charge in [-0.2, -0.15) is 0 Å². The molecule has 1 amide bonds. The van der Waals surface area contributed by atoms with Crippen LogP contribution in [0.1, 0.15) is 37.7 Å². The molecule has 1 unspecified atom stereocenters. The van der Waals surface area contributed by atoms with Gasteiger partial charge in [0.15, 0.2) is 17.7 Å². The fraction of sp³-hybridized carbons (Fsp3) is 0.450. The number of aromatic nitrogens is 2. The number of nitrogens with zero attached hydrogens (tertiary/aromatic N) is 3. The number of hydrogen-bond donors (Lipinski definition) is 1. The number of anilines is 1. The number of aryl methyl sites for hydroxylation is 1. The van der Waals surface area contributed by atoms with E-state index in [9.17, 15) is 9.18 Å². The summed E-state index contributed by atoms with van der Waals surface area (Å²) in [4.78, 5) is 23.5. The maximum atomic E-state index is 13.6. The van der Waals surface area contributed by atoms with E-state index in [1.165, 1.54) is 31.4 Å². The summed E-state index contributed by atoms with van der Waals surface area (Å²) in [6.45, 7) is 5.69. The third-order valence-electron chi connectivity index (χ3n) is 4.50. The van der Waals surface area contributed by atoms with Crippen LogP contribution >= 0.6 is 0 Å². The Kier molecular flexibility index (Phi) is 6.21. The lowest BCUT2D eigenvalue weighted by Gasteiger charge is -2.28. The normalized spacial score (nSPS) is 15.3. The lowest BCUT2D eigenvalue weighted by molar-refractivity contribution is -0.127. The van der Waals surface area contributed by atoms with E-state index in [2.05, 4.69) is 20.2 Å². The van der Waals surface area contributed by atoms with Gasteiger partial charge in [-0.15, -0.1) is 0 Å². The van der Waals surface area contributed by atoms with Gasteiger partial charge in [-0.3, -0.25) is 4.79 Å². The van der Waals surface area contributed by atoms with Crippen LogP contribution in [0.3, 0.4) is 0 Å². The van der Waals surface area contributed by atoms with Gasteiger partial charge < -0.3 is 15.0 Å². The van der Waals surface area contributed by atoms with E-state index in [0.29, 0.717) is 5.82 Å². The summed E-state index contributed by atoms with van der Waals surface area (Å²) in [6.07, 6.45) is 2.76. The first-order chi connectivity index (χ1) is 13.0. The molecule has 2 aromatic rings. The molecule has 1 N–H and O–H groups in total. The van der Waals surface area contributed by atoms with Crippen LogP contribution in [-0.2, 0) is 11.3 Å². The van der Waals surface area contributed by atoms with E-state index >= 15 is 0 Å². The van der Waals surface area contributed by atoms with Crippen LogP contribution in [0.5, 0.6) is 5.75 Å². The highest BCUT2D eigenvalue weighted by atomic mass is 19.1. The number of rotatable bonds is 6. The SMILES string of the molecule is Cc1cc(N2CCCCC2)nc(CNC(=O)C(C)Oc2ccccc2F)n1. The lowest BCUT2D eigenvalue weighted by Crippen LogP contribution is -2.36. The quantitative estimate of drug-likeness (QED) is 0.844. The zero-order chi connectivity index (χ0) is 19.2. The van der Waals surface area contributed by atoms with E-state index in [4.69, 9.17) is 4.74 Å². The van der Waals surface area contributed by atoms with Crippen LogP contribution in [0.2, 0.25) is 0 Å². The predicted octanol–water partition coefficient (Wildman–Crippen LogP) is 3.00. The van der Waals surface area contributed by atoms with Crippen molar-refractivity contribution >= 4 is 11.7 Å². The summed E-state index contributed by atoms with van der Waals surface area (Å²) in [5.41, 5.74) is 0.866. The largest absolute Gasteiger partial charge is 0.478 e. The molecule has 7 heteroatoms. The number of carbonyl (C=O) groups is 1. The van der Waals surface area contributed by atoms with E-state index in [-0.39, 0.29) is 18.2 Å². The fourth-order valence-corrected chi connectivity index (χ4v) is 3.07. The summed E-state index contributed by atoms with van der Waals surface area (Å²) in [5.74, 6) is 0.677. The van der Waals surface area contributed by atoms with Crippen molar-refractivity contribution in [3.8, 4) is 5.75 Å². The standard InChI is InChI=1S/C20H25FN4O2/c1-14-12-19(25-10-6-3-7-11-25)24-18(23-14)13-22-20(26)15(2)27-17-9-5-4-8-16(17)21/h4-5,8-9,12,15H,3,6-7,10-11,13H2,1-2H3,(H,22,26). The molecule has 144 valence electrons. The van der Waals surface area contributed by atoms with Gasteiger partial charge in [0, 0.05) is 24.8 Å². The molecule has 3 rings (SSSR count). The molecular weight excluding hydrogens is 347 g/mol. The van der Waals surface area contributed by atoms with Crippen LogP contribution in [0.25, 0.3) is 0 Å². The van der Waals surface area contributed by atoms with Crippen molar-refractivity contribution in [2.45, 2.75) is 45.8 Å². The molecule has 1 aliphatic rings. The molecule has 0 spiro atoms. The Labute approximate surface area is 158 Å². The number of benzene rings is 1. The molecule has 1 aliphatic heterocycles. The number of halogens is 1. The van der Waals surface area contributed by atoms with Crippen molar-refractivity contribution < 1.29 is 13.9 Å². The Bertz CT molecular complexity index is 793. The summed E-state index contributed by atoms with van der Waals surface area (Å²) in [7, 11) is 0. The number of ether oxygens (including phenoxy) is 1. The van der Waals surface area contributed by atoms with Gasteiger partial charge in [0.25, 0.3) is 5.91 Å². The van der Waals surface area contributed by atoms with Gasteiger partial charge in [0.05, 0.1) is 6.54 Å². The first-order valence-corrected chi connectivity index (χ1v) is 9.31. The van der Waals surface area contributed by atoms with Crippen molar-refractivity contribution in [3.63, 3.8) is 0 Å². The molecule has 1 aromatic heterocycles. The van der Waals surface area contributed by atoms with Crippen molar-refractivity contribution in [1.29, 1.82) is 0 Å². The number of hydrogen-bond acceptors (Lipinski definition) is 5. The average Bonchev–Trinajstić information content (AvgIpc) is 2.68. The molecule has 1 saturated heterocycles. The van der Waals surface area contributed by atoms with Gasteiger partial charge in [0.1, 0.15) is 11.6 Å². The number of para-hydroxylation sites is 1. The first kappa shape index (κ1) is 19.1. The zero-order valence-electron chi connectivity index (χ0n) is 15.7. The average molecular weight is 372 g/mol. The predicted molar refractivity (Wildman–Crippen MR) is 101 cm³/mol. The maximum absolute atomic E-state index is 13.6. The molecule has 27 heavy (non-hydrogen) atoms. The van der Waals surface area contributed by atoms with Crippen LogP contribution in [0.15, 0.2) is 30.3 Å². The number of piperidine rings is 1. The van der Waals surface area contributed by atoms with E-state index in [1.807, 2.05) is 13.0 Å². The minimum absolute atomic E-state index is 0.0549. The minimum atomic E-state index is -0.826. The molecule has 1 aromatic carbocycles. The van der Waals surface area contributed by atoms with E-state index < -0.39 is 11.9 Å². The molecule has 0 saturated carbocycles. The Morgan fingerprint density at radius 1 is 1.26 bits per heavy atom. The second-order valence-corrected chi connectivity index (χ2v) is 6.74. The summed E-state index contributed by atoms with van der Waals surface area (Å²) >= 11 is 0. The smallest absolute Gasteiger partial charge is 0.261 e. The second kappa shape index (κ2) is 8.79. The van der Waals surface area contributed by atoms with Gasteiger partial charge in [-0.25, -0.2) is 14.4 Å². The number of carbonyl (C=O) groups excluding carboxylic acids is 1. The Balaban J connectivity index is 1.59. The summed E-state index contributed by atoms with van der Waals surface area (Å²) < 4.78 is 19.1. The molecule has 6 nitrogen and oxygen atoms in total. The number of nitrogens with one attached hydrogen (secondary N) is 1. The number of amides is 1. The van der Waals surface area contributed by atoms with E-state index in [1.54, 1.807) is 19.1 Å². The third kappa shape index (κ3) is 5.15. The summed E-state index contributed by atoms with van der Waals surface area (Å²) in [5, 5.41) is 2.77. The molecular formula is C20H25FN4O2. The second-order valence-electron chi connectivity index (χ2n) is 6.74.